The maximum atomic E-state index is 11.9. The largest absolute Gasteiger partial charge is 0.340 e. The Morgan fingerprint density at radius 1 is 1.46 bits per heavy atom. The van der Waals surface area contributed by atoms with Crippen LogP contribution in [0, 0.1) is 5.92 Å². The van der Waals surface area contributed by atoms with Gasteiger partial charge < -0.3 is 10.2 Å². The second-order valence-electron chi connectivity index (χ2n) is 4.21. The number of hydrogen-bond acceptors (Lipinski definition) is 2. The molecule has 13 heavy (non-hydrogen) atoms. The van der Waals surface area contributed by atoms with E-state index in [4.69, 9.17) is 0 Å². The third kappa shape index (κ3) is 1.70. The first kappa shape index (κ1) is 9.00. The molecule has 0 aromatic rings. The molecule has 2 heterocycles. The number of carbonyl (C=O) groups excluding carboxylic acids is 1. The number of likely N-dealkylation sites (tertiary alicyclic amines) is 1. The fourth-order valence-electron chi connectivity index (χ4n) is 2.36. The summed E-state index contributed by atoms with van der Waals surface area (Å²) in [6.07, 6.45) is 3.40. The Labute approximate surface area is 79.5 Å². The van der Waals surface area contributed by atoms with Crippen LogP contribution >= 0.6 is 0 Å². The quantitative estimate of drug-likeness (QED) is 0.644. The maximum Gasteiger partial charge on any atom is 0.227 e. The predicted molar refractivity (Wildman–Crippen MR) is 51.4 cm³/mol. The molecule has 3 heteroatoms. The summed E-state index contributed by atoms with van der Waals surface area (Å²) in [6, 6.07) is 0.480. The number of nitrogens with zero attached hydrogens (tertiary/aromatic N) is 1. The lowest BCUT2D eigenvalue weighted by molar-refractivity contribution is -0.135. The van der Waals surface area contributed by atoms with Crippen LogP contribution in [0.5, 0.6) is 0 Å². The van der Waals surface area contributed by atoms with Gasteiger partial charge in [0, 0.05) is 19.1 Å². The molecule has 1 unspecified atom stereocenters. The minimum Gasteiger partial charge on any atom is -0.340 e. The fraction of sp³-hybridized carbons (Fsp3) is 0.900. The number of carbonyl (C=O) groups is 1. The molecule has 3 nitrogen and oxygen atoms in total. The van der Waals surface area contributed by atoms with E-state index in [1.54, 1.807) is 0 Å². The van der Waals surface area contributed by atoms with Gasteiger partial charge in [-0.15, -0.1) is 0 Å². The highest BCUT2D eigenvalue weighted by atomic mass is 16.2. The highest BCUT2D eigenvalue weighted by molar-refractivity contribution is 5.80. The summed E-state index contributed by atoms with van der Waals surface area (Å²) in [4.78, 5) is 14.0. The van der Waals surface area contributed by atoms with Crippen LogP contribution in [0.3, 0.4) is 0 Å². The molecular weight excluding hydrogens is 164 g/mol. The monoisotopic (exact) mass is 182 g/mol. The summed E-state index contributed by atoms with van der Waals surface area (Å²) in [7, 11) is 0. The molecule has 2 fully saturated rings. The van der Waals surface area contributed by atoms with Crippen molar-refractivity contribution < 1.29 is 4.79 Å². The molecule has 0 spiro atoms. The molecular formula is C10H18N2O. The van der Waals surface area contributed by atoms with Gasteiger partial charge in [-0.2, -0.15) is 0 Å². The Morgan fingerprint density at radius 3 is 2.85 bits per heavy atom. The van der Waals surface area contributed by atoms with Crippen molar-refractivity contribution in [2.45, 2.75) is 32.2 Å². The van der Waals surface area contributed by atoms with Crippen LogP contribution in [0.25, 0.3) is 0 Å². The van der Waals surface area contributed by atoms with Gasteiger partial charge in [0.1, 0.15) is 0 Å². The van der Waals surface area contributed by atoms with Crippen LogP contribution in [-0.2, 0) is 4.79 Å². The Bertz CT molecular complexity index is 199. The number of hydrogen-bond donors (Lipinski definition) is 1. The standard InChI is InChI=1S/C10H18N2O/c1-8-3-2-6-12(8)10(13)9-4-5-11-7-9/h8-9,11H,2-7H2,1H3/t8?,9-/m0/s1. The zero-order valence-electron chi connectivity index (χ0n) is 8.25. The maximum absolute atomic E-state index is 11.9. The Morgan fingerprint density at radius 2 is 2.31 bits per heavy atom. The van der Waals surface area contributed by atoms with Crippen LogP contribution in [0.15, 0.2) is 0 Å². The molecule has 2 saturated heterocycles. The minimum absolute atomic E-state index is 0.264. The zero-order valence-corrected chi connectivity index (χ0v) is 8.25. The third-order valence-electron chi connectivity index (χ3n) is 3.25. The molecule has 0 bridgehead atoms. The summed E-state index contributed by atoms with van der Waals surface area (Å²) in [6.45, 7) is 5.05. The Hall–Kier alpha value is -0.570. The van der Waals surface area contributed by atoms with E-state index in [1.807, 2.05) is 0 Å². The molecule has 1 N–H and O–H groups in total. The molecule has 1 amide bonds. The molecule has 2 atom stereocenters. The van der Waals surface area contributed by atoms with E-state index in [0.717, 1.165) is 26.1 Å². The number of amides is 1. The van der Waals surface area contributed by atoms with Gasteiger partial charge in [-0.25, -0.2) is 0 Å². The van der Waals surface area contributed by atoms with Gasteiger partial charge in [0.2, 0.25) is 5.91 Å². The van der Waals surface area contributed by atoms with Crippen molar-refractivity contribution in [3.8, 4) is 0 Å². The summed E-state index contributed by atoms with van der Waals surface area (Å²) in [5.41, 5.74) is 0. The van der Waals surface area contributed by atoms with Gasteiger partial charge in [0.15, 0.2) is 0 Å². The van der Waals surface area contributed by atoms with Crippen LogP contribution in [-0.4, -0.2) is 36.5 Å². The lowest BCUT2D eigenvalue weighted by atomic mass is 10.1. The van der Waals surface area contributed by atoms with E-state index in [-0.39, 0.29) is 5.92 Å². The van der Waals surface area contributed by atoms with Crippen molar-refractivity contribution in [2.24, 2.45) is 5.92 Å². The first-order valence-electron chi connectivity index (χ1n) is 5.30. The van der Waals surface area contributed by atoms with Crippen LogP contribution < -0.4 is 5.32 Å². The van der Waals surface area contributed by atoms with E-state index in [9.17, 15) is 4.79 Å². The van der Waals surface area contributed by atoms with Gasteiger partial charge in [-0.05, 0) is 32.7 Å². The van der Waals surface area contributed by atoms with Crippen LogP contribution in [0.2, 0.25) is 0 Å². The highest BCUT2D eigenvalue weighted by Gasteiger charge is 2.31. The van der Waals surface area contributed by atoms with E-state index >= 15 is 0 Å². The van der Waals surface area contributed by atoms with Crippen LogP contribution in [0.4, 0.5) is 0 Å². The molecule has 2 aliphatic rings. The number of rotatable bonds is 1. The molecule has 2 rings (SSSR count). The average molecular weight is 182 g/mol. The second kappa shape index (κ2) is 3.66. The first-order chi connectivity index (χ1) is 6.29. The van der Waals surface area contributed by atoms with Crippen molar-refractivity contribution in [3.05, 3.63) is 0 Å². The number of nitrogens with one attached hydrogen (secondary N) is 1. The molecule has 74 valence electrons. The zero-order chi connectivity index (χ0) is 9.26. The van der Waals surface area contributed by atoms with E-state index < -0.39 is 0 Å². The molecule has 0 aromatic carbocycles. The average Bonchev–Trinajstić information content (AvgIpc) is 2.72. The lowest BCUT2D eigenvalue weighted by Crippen LogP contribution is -2.38. The smallest absolute Gasteiger partial charge is 0.227 e. The van der Waals surface area contributed by atoms with Crippen molar-refractivity contribution in [2.75, 3.05) is 19.6 Å². The van der Waals surface area contributed by atoms with Gasteiger partial charge in [0.05, 0.1) is 5.92 Å². The summed E-state index contributed by atoms with van der Waals surface area (Å²) in [5.74, 6) is 0.649. The van der Waals surface area contributed by atoms with Crippen molar-refractivity contribution in [1.82, 2.24) is 10.2 Å². The topological polar surface area (TPSA) is 32.3 Å². The second-order valence-corrected chi connectivity index (χ2v) is 4.21. The minimum atomic E-state index is 0.264. The van der Waals surface area contributed by atoms with E-state index in [2.05, 4.69) is 17.1 Å². The summed E-state index contributed by atoms with van der Waals surface area (Å²) >= 11 is 0. The molecule has 0 aliphatic carbocycles. The van der Waals surface area contributed by atoms with Gasteiger partial charge >= 0.3 is 0 Å². The summed E-state index contributed by atoms with van der Waals surface area (Å²) in [5, 5.41) is 3.24. The third-order valence-corrected chi connectivity index (χ3v) is 3.25. The van der Waals surface area contributed by atoms with Crippen molar-refractivity contribution >= 4 is 5.91 Å². The SMILES string of the molecule is CC1CCCN1C(=O)[C@H]1CCNC1. The van der Waals surface area contributed by atoms with Gasteiger partial charge in [0.25, 0.3) is 0 Å². The molecule has 0 radical (unpaired) electrons. The highest BCUT2D eigenvalue weighted by Crippen LogP contribution is 2.21. The van der Waals surface area contributed by atoms with Crippen molar-refractivity contribution in [3.63, 3.8) is 0 Å². The molecule has 0 aromatic heterocycles. The summed E-state index contributed by atoms with van der Waals surface area (Å²) < 4.78 is 0. The lowest BCUT2D eigenvalue weighted by Gasteiger charge is -2.24. The van der Waals surface area contributed by atoms with Gasteiger partial charge in [-0.1, -0.05) is 0 Å². The van der Waals surface area contributed by atoms with Crippen LogP contribution in [0.1, 0.15) is 26.2 Å². The van der Waals surface area contributed by atoms with Crippen molar-refractivity contribution in [1.29, 1.82) is 0 Å². The van der Waals surface area contributed by atoms with E-state index in [1.165, 1.54) is 12.8 Å². The van der Waals surface area contributed by atoms with Gasteiger partial charge in [-0.3, -0.25) is 4.79 Å². The fourth-order valence-corrected chi connectivity index (χ4v) is 2.36. The Balaban J connectivity index is 1.95. The molecule has 0 saturated carbocycles. The first-order valence-corrected chi connectivity index (χ1v) is 5.30. The molecule has 2 aliphatic heterocycles. The Kier molecular flexibility index (Phi) is 2.54. The normalized spacial score (nSPS) is 34.1. The van der Waals surface area contributed by atoms with E-state index in [0.29, 0.717) is 11.9 Å². The predicted octanol–water partition coefficient (Wildman–Crippen LogP) is 0.607.